The average molecular weight is 326 g/mol. The summed E-state index contributed by atoms with van der Waals surface area (Å²) < 4.78 is 2.06. The zero-order chi connectivity index (χ0) is 14.8. The first-order valence-electron chi connectivity index (χ1n) is 7.18. The number of nitrogens with one attached hydrogen (secondary N) is 1. The molecule has 0 bridgehead atoms. The standard InChI is InChI=1S/C15H17Cl2N3O/c16-7-6-13-19-12-3-1-2-11(17)14(12)20(13)9-8-18-15(21)10-4-5-10/h1-3,10H,4-9H2,(H,18,21). The summed E-state index contributed by atoms with van der Waals surface area (Å²) in [5, 5.41) is 3.65. The minimum absolute atomic E-state index is 0.157. The highest BCUT2D eigenvalue weighted by atomic mass is 35.5. The molecule has 3 rings (SSSR count). The second-order valence-corrected chi connectivity index (χ2v) is 6.08. The summed E-state index contributed by atoms with van der Waals surface area (Å²) in [5.74, 6) is 1.81. The van der Waals surface area contributed by atoms with Crippen molar-refractivity contribution >= 4 is 40.1 Å². The van der Waals surface area contributed by atoms with Crippen LogP contribution < -0.4 is 5.32 Å². The van der Waals surface area contributed by atoms with Gasteiger partial charge in [-0.15, -0.1) is 11.6 Å². The van der Waals surface area contributed by atoms with Crippen LogP contribution in [-0.4, -0.2) is 27.9 Å². The van der Waals surface area contributed by atoms with Crippen LogP contribution in [0.25, 0.3) is 11.0 Å². The number of halogens is 2. The van der Waals surface area contributed by atoms with Gasteiger partial charge in [0, 0.05) is 31.3 Å². The summed E-state index contributed by atoms with van der Waals surface area (Å²) in [6, 6.07) is 5.69. The number of fused-ring (bicyclic) bond motifs is 1. The number of amides is 1. The molecule has 0 saturated heterocycles. The number of imidazole rings is 1. The fraction of sp³-hybridized carbons (Fsp3) is 0.467. The maximum atomic E-state index is 11.7. The maximum Gasteiger partial charge on any atom is 0.223 e. The molecule has 0 atom stereocenters. The number of hydrogen-bond donors (Lipinski definition) is 1. The lowest BCUT2D eigenvalue weighted by Gasteiger charge is -2.10. The third-order valence-electron chi connectivity index (χ3n) is 3.70. The molecule has 1 heterocycles. The van der Waals surface area contributed by atoms with E-state index in [0.717, 1.165) is 29.7 Å². The Morgan fingerprint density at radius 3 is 2.95 bits per heavy atom. The Morgan fingerprint density at radius 1 is 1.43 bits per heavy atom. The van der Waals surface area contributed by atoms with Crippen LogP contribution in [0.2, 0.25) is 5.02 Å². The summed E-state index contributed by atoms with van der Waals surface area (Å²) in [7, 11) is 0. The first-order valence-corrected chi connectivity index (χ1v) is 8.09. The molecule has 0 radical (unpaired) electrons. The molecule has 0 spiro atoms. The van der Waals surface area contributed by atoms with E-state index < -0.39 is 0 Å². The summed E-state index contributed by atoms with van der Waals surface area (Å²) in [4.78, 5) is 16.3. The van der Waals surface area contributed by atoms with E-state index in [1.54, 1.807) is 0 Å². The lowest BCUT2D eigenvalue weighted by Crippen LogP contribution is -2.28. The van der Waals surface area contributed by atoms with Crippen molar-refractivity contribution in [2.75, 3.05) is 12.4 Å². The molecular formula is C15H17Cl2N3O. The molecule has 1 aliphatic carbocycles. The van der Waals surface area contributed by atoms with E-state index in [1.807, 2.05) is 18.2 Å². The fourth-order valence-electron chi connectivity index (χ4n) is 2.49. The van der Waals surface area contributed by atoms with Crippen molar-refractivity contribution in [3.8, 4) is 0 Å². The monoisotopic (exact) mass is 325 g/mol. The highest BCUT2D eigenvalue weighted by molar-refractivity contribution is 6.35. The van der Waals surface area contributed by atoms with Crippen molar-refractivity contribution in [2.45, 2.75) is 25.8 Å². The number of aromatic nitrogens is 2. The molecule has 0 aliphatic heterocycles. The van der Waals surface area contributed by atoms with Crippen LogP contribution in [0.4, 0.5) is 0 Å². The molecule has 1 aromatic carbocycles. The van der Waals surface area contributed by atoms with Crippen molar-refractivity contribution in [1.82, 2.24) is 14.9 Å². The van der Waals surface area contributed by atoms with Gasteiger partial charge in [-0.2, -0.15) is 0 Å². The number of para-hydroxylation sites is 1. The van der Waals surface area contributed by atoms with E-state index in [4.69, 9.17) is 23.2 Å². The normalized spacial score (nSPS) is 14.6. The number of benzene rings is 1. The molecule has 6 heteroatoms. The Labute approximate surface area is 133 Å². The Bertz CT molecular complexity index is 664. The highest BCUT2D eigenvalue weighted by Gasteiger charge is 2.29. The van der Waals surface area contributed by atoms with E-state index in [2.05, 4.69) is 14.9 Å². The summed E-state index contributed by atoms with van der Waals surface area (Å²) >= 11 is 12.2. The molecule has 1 aromatic heterocycles. The van der Waals surface area contributed by atoms with E-state index in [1.165, 1.54) is 0 Å². The molecule has 0 unspecified atom stereocenters. The molecule has 1 fully saturated rings. The van der Waals surface area contributed by atoms with Crippen LogP contribution in [0.5, 0.6) is 0 Å². The molecular weight excluding hydrogens is 309 g/mol. The van der Waals surface area contributed by atoms with Crippen LogP contribution in [0.15, 0.2) is 18.2 Å². The van der Waals surface area contributed by atoms with Gasteiger partial charge in [-0.25, -0.2) is 4.98 Å². The first-order chi connectivity index (χ1) is 10.2. The van der Waals surface area contributed by atoms with Crippen molar-refractivity contribution in [3.05, 3.63) is 29.0 Å². The van der Waals surface area contributed by atoms with Crippen LogP contribution in [0, 0.1) is 5.92 Å². The lowest BCUT2D eigenvalue weighted by molar-refractivity contribution is -0.122. The third kappa shape index (κ3) is 3.16. The number of aryl methyl sites for hydroxylation is 1. The van der Waals surface area contributed by atoms with Crippen LogP contribution in [-0.2, 0) is 17.8 Å². The van der Waals surface area contributed by atoms with Gasteiger partial charge in [-0.1, -0.05) is 17.7 Å². The van der Waals surface area contributed by atoms with E-state index in [9.17, 15) is 4.79 Å². The molecule has 21 heavy (non-hydrogen) atoms. The third-order valence-corrected chi connectivity index (χ3v) is 4.19. The molecule has 1 saturated carbocycles. The molecule has 4 nitrogen and oxygen atoms in total. The van der Waals surface area contributed by atoms with Gasteiger partial charge in [-0.05, 0) is 25.0 Å². The second kappa shape index (κ2) is 6.24. The molecule has 2 aromatic rings. The van der Waals surface area contributed by atoms with E-state index in [0.29, 0.717) is 30.4 Å². The number of carbonyl (C=O) groups excluding carboxylic acids is 1. The van der Waals surface area contributed by atoms with Crippen LogP contribution >= 0.6 is 23.2 Å². The average Bonchev–Trinajstić information content (AvgIpc) is 3.24. The summed E-state index contributed by atoms with van der Waals surface area (Å²) in [6.07, 6.45) is 2.72. The topological polar surface area (TPSA) is 46.9 Å². The maximum absolute atomic E-state index is 11.7. The number of hydrogen-bond acceptors (Lipinski definition) is 2. The van der Waals surface area contributed by atoms with Crippen molar-refractivity contribution in [2.24, 2.45) is 5.92 Å². The quantitative estimate of drug-likeness (QED) is 0.830. The summed E-state index contributed by atoms with van der Waals surface area (Å²) in [5.41, 5.74) is 1.79. The van der Waals surface area contributed by atoms with Crippen molar-refractivity contribution in [3.63, 3.8) is 0 Å². The Balaban J connectivity index is 1.80. The minimum Gasteiger partial charge on any atom is -0.354 e. The van der Waals surface area contributed by atoms with Crippen molar-refractivity contribution in [1.29, 1.82) is 0 Å². The van der Waals surface area contributed by atoms with Gasteiger partial charge >= 0.3 is 0 Å². The van der Waals surface area contributed by atoms with Gasteiger partial charge in [0.2, 0.25) is 5.91 Å². The first kappa shape index (κ1) is 14.7. The molecule has 1 amide bonds. The number of nitrogens with zero attached hydrogens (tertiary/aromatic N) is 2. The van der Waals surface area contributed by atoms with Gasteiger partial charge in [0.25, 0.3) is 0 Å². The Kier molecular flexibility index (Phi) is 4.36. The van der Waals surface area contributed by atoms with Gasteiger partial charge in [-0.3, -0.25) is 4.79 Å². The van der Waals surface area contributed by atoms with Gasteiger partial charge in [0.15, 0.2) is 0 Å². The fourth-order valence-corrected chi connectivity index (χ4v) is 2.93. The Hall–Kier alpha value is -1.26. The van der Waals surface area contributed by atoms with Gasteiger partial charge in [0.1, 0.15) is 5.82 Å². The SMILES string of the molecule is O=C(NCCn1c(CCCl)nc2cccc(Cl)c21)C1CC1. The van der Waals surface area contributed by atoms with Crippen LogP contribution in [0.1, 0.15) is 18.7 Å². The zero-order valence-electron chi connectivity index (χ0n) is 11.6. The van der Waals surface area contributed by atoms with E-state index >= 15 is 0 Å². The number of alkyl halides is 1. The molecule has 1 aliphatic rings. The highest BCUT2D eigenvalue weighted by Crippen LogP contribution is 2.28. The van der Waals surface area contributed by atoms with Gasteiger partial charge < -0.3 is 9.88 Å². The largest absolute Gasteiger partial charge is 0.354 e. The van der Waals surface area contributed by atoms with Crippen LogP contribution in [0.3, 0.4) is 0 Å². The predicted octanol–water partition coefficient (Wildman–Crippen LogP) is 3.00. The number of carbonyl (C=O) groups is 1. The smallest absolute Gasteiger partial charge is 0.223 e. The predicted molar refractivity (Wildman–Crippen MR) is 84.9 cm³/mol. The zero-order valence-corrected chi connectivity index (χ0v) is 13.1. The van der Waals surface area contributed by atoms with Crippen molar-refractivity contribution < 1.29 is 4.79 Å². The molecule has 112 valence electrons. The second-order valence-electron chi connectivity index (χ2n) is 5.29. The molecule has 1 N–H and O–H groups in total. The van der Waals surface area contributed by atoms with E-state index in [-0.39, 0.29) is 11.8 Å². The summed E-state index contributed by atoms with van der Waals surface area (Å²) in [6.45, 7) is 1.24. The Morgan fingerprint density at radius 2 is 2.24 bits per heavy atom. The number of rotatable bonds is 6. The minimum atomic E-state index is 0.157. The lowest BCUT2D eigenvalue weighted by atomic mass is 10.3. The van der Waals surface area contributed by atoms with Gasteiger partial charge in [0.05, 0.1) is 16.1 Å².